The van der Waals surface area contributed by atoms with Crippen LogP contribution in [0.3, 0.4) is 0 Å². The molecule has 1 aliphatic heterocycles. The molecule has 0 unspecified atom stereocenters. The molecule has 4 heterocycles. The average molecular weight is 337 g/mol. The number of piperazine rings is 1. The maximum Gasteiger partial charge on any atom is 0.178 e. The van der Waals surface area contributed by atoms with Crippen molar-refractivity contribution in [2.75, 3.05) is 36.0 Å². The minimum atomic E-state index is -0.0945. The number of fused-ring (bicyclic) bond motifs is 1. The van der Waals surface area contributed by atoms with Gasteiger partial charge in [0, 0.05) is 37.8 Å². The van der Waals surface area contributed by atoms with E-state index in [0.29, 0.717) is 0 Å². The van der Waals surface area contributed by atoms with Gasteiger partial charge in [0.2, 0.25) is 0 Å². The Labute approximate surface area is 147 Å². The van der Waals surface area contributed by atoms with Crippen LogP contribution in [0, 0.1) is 0 Å². The maximum atomic E-state index is 4.81. The highest BCUT2D eigenvalue weighted by Crippen LogP contribution is 2.22. The standard InChI is InChI=1S/C18H23N7/c1-18(2,3)17-21-20-15-7-8-16(22-25(15)17)24-12-10-23(11-13-24)14-6-4-5-9-19-14/h4-9H,10-13H2,1-3H3. The van der Waals surface area contributed by atoms with E-state index >= 15 is 0 Å². The molecule has 0 spiro atoms. The van der Waals surface area contributed by atoms with Crippen molar-refractivity contribution in [3.05, 3.63) is 42.4 Å². The number of aromatic nitrogens is 5. The van der Waals surface area contributed by atoms with Crippen LogP contribution in [0.5, 0.6) is 0 Å². The van der Waals surface area contributed by atoms with Crippen molar-refractivity contribution in [3.63, 3.8) is 0 Å². The lowest BCUT2D eigenvalue weighted by atomic mass is 9.96. The Balaban J connectivity index is 1.55. The number of hydrogen-bond donors (Lipinski definition) is 0. The summed E-state index contributed by atoms with van der Waals surface area (Å²) in [6, 6.07) is 10.1. The van der Waals surface area contributed by atoms with Crippen LogP contribution in [-0.2, 0) is 5.41 Å². The molecule has 3 aromatic rings. The van der Waals surface area contributed by atoms with Gasteiger partial charge in [-0.05, 0) is 24.3 Å². The molecule has 130 valence electrons. The molecule has 1 aliphatic rings. The number of anilines is 2. The van der Waals surface area contributed by atoms with Crippen LogP contribution < -0.4 is 9.80 Å². The van der Waals surface area contributed by atoms with Crippen molar-refractivity contribution in [3.8, 4) is 0 Å². The molecule has 0 aromatic carbocycles. The third-order valence-electron chi connectivity index (χ3n) is 4.50. The zero-order chi connectivity index (χ0) is 17.4. The molecule has 0 saturated carbocycles. The summed E-state index contributed by atoms with van der Waals surface area (Å²) in [5.41, 5.74) is 0.698. The van der Waals surface area contributed by atoms with E-state index in [1.165, 1.54) is 0 Å². The maximum absolute atomic E-state index is 4.81. The summed E-state index contributed by atoms with van der Waals surface area (Å²) in [5, 5.41) is 13.4. The molecule has 0 aliphatic carbocycles. The predicted molar refractivity (Wildman–Crippen MR) is 98.1 cm³/mol. The minimum Gasteiger partial charge on any atom is -0.353 e. The second-order valence-corrected chi connectivity index (χ2v) is 7.40. The zero-order valence-corrected chi connectivity index (χ0v) is 14.9. The van der Waals surface area contributed by atoms with Gasteiger partial charge < -0.3 is 9.80 Å². The molecule has 7 heteroatoms. The normalized spacial score (nSPS) is 15.8. The first-order valence-electron chi connectivity index (χ1n) is 8.66. The van der Waals surface area contributed by atoms with E-state index < -0.39 is 0 Å². The van der Waals surface area contributed by atoms with E-state index in [2.05, 4.69) is 51.8 Å². The summed E-state index contributed by atoms with van der Waals surface area (Å²) in [6.07, 6.45) is 1.84. The average Bonchev–Trinajstić information content (AvgIpc) is 3.06. The molecule has 0 amide bonds. The fraction of sp³-hybridized carbons (Fsp3) is 0.444. The quantitative estimate of drug-likeness (QED) is 0.714. The molecule has 0 radical (unpaired) electrons. The molecule has 0 N–H and O–H groups in total. The van der Waals surface area contributed by atoms with Crippen LogP contribution in [-0.4, -0.2) is 51.0 Å². The van der Waals surface area contributed by atoms with E-state index in [9.17, 15) is 0 Å². The Morgan fingerprint density at radius 2 is 1.56 bits per heavy atom. The lowest BCUT2D eigenvalue weighted by Gasteiger charge is -2.36. The predicted octanol–water partition coefficient (Wildman–Crippen LogP) is 2.14. The van der Waals surface area contributed by atoms with Crippen molar-refractivity contribution in [2.45, 2.75) is 26.2 Å². The van der Waals surface area contributed by atoms with E-state index in [-0.39, 0.29) is 5.41 Å². The van der Waals surface area contributed by atoms with Crippen molar-refractivity contribution in [1.82, 2.24) is 24.8 Å². The van der Waals surface area contributed by atoms with Gasteiger partial charge in [0.1, 0.15) is 11.6 Å². The zero-order valence-electron chi connectivity index (χ0n) is 14.9. The smallest absolute Gasteiger partial charge is 0.178 e. The highest BCUT2D eigenvalue weighted by atomic mass is 15.4. The summed E-state index contributed by atoms with van der Waals surface area (Å²) in [4.78, 5) is 9.07. The summed E-state index contributed by atoms with van der Waals surface area (Å²) in [7, 11) is 0. The first-order valence-corrected chi connectivity index (χ1v) is 8.66. The van der Waals surface area contributed by atoms with Gasteiger partial charge in [-0.3, -0.25) is 0 Å². The Morgan fingerprint density at radius 1 is 0.840 bits per heavy atom. The number of rotatable bonds is 2. The molecule has 0 atom stereocenters. The monoisotopic (exact) mass is 337 g/mol. The molecule has 25 heavy (non-hydrogen) atoms. The van der Waals surface area contributed by atoms with Crippen LogP contribution in [0.15, 0.2) is 36.5 Å². The summed E-state index contributed by atoms with van der Waals surface area (Å²) in [5.74, 6) is 2.90. The third kappa shape index (κ3) is 3.01. The fourth-order valence-corrected chi connectivity index (χ4v) is 3.12. The fourth-order valence-electron chi connectivity index (χ4n) is 3.12. The van der Waals surface area contributed by atoms with Gasteiger partial charge in [0.25, 0.3) is 0 Å². The van der Waals surface area contributed by atoms with Crippen LogP contribution in [0.25, 0.3) is 5.65 Å². The summed E-state index contributed by atoms with van der Waals surface area (Å²) >= 11 is 0. The number of nitrogens with zero attached hydrogens (tertiary/aromatic N) is 7. The summed E-state index contributed by atoms with van der Waals surface area (Å²) in [6.45, 7) is 10.1. The summed E-state index contributed by atoms with van der Waals surface area (Å²) < 4.78 is 1.88. The van der Waals surface area contributed by atoms with Crippen molar-refractivity contribution >= 4 is 17.3 Å². The van der Waals surface area contributed by atoms with E-state index in [4.69, 9.17) is 5.10 Å². The number of hydrogen-bond acceptors (Lipinski definition) is 6. The van der Waals surface area contributed by atoms with Gasteiger partial charge in [0.15, 0.2) is 11.5 Å². The van der Waals surface area contributed by atoms with E-state index in [1.807, 2.05) is 35.0 Å². The Hall–Kier alpha value is -2.70. The number of pyridine rings is 1. The van der Waals surface area contributed by atoms with Gasteiger partial charge in [-0.1, -0.05) is 26.8 Å². The lowest BCUT2D eigenvalue weighted by molar-refractivity contribution is 0.525. The van der Waals surface area contributed by atoms with E-state index in [1.54, 1.807) is 0 Å². The Bertz CT molecular complexity index is 858. The van der Waals surface area contributed by atoms with E-state index in [0.717, 1.165) is 49.3 Å². The van der Waals surface area contributed by atoms with Crippen molar-refractivity contribution in [1.29, 1.82) is 0 Å². The highest BCUT2D eigenvalue weighted by molar-refractivity contribution is 5.48. The first-order chi connectivity index (χ1) is 12.0. The van der Waals surface area contributed by atoms with Crippen molar-refractivity contribution < 1.29 is 0 Å². The Kier molecular flexibility index (Phi) is 3.78. The van der Waals surface area contributed by atoms with Crippen LogP contribution in [0.2, 0.25) is 0 Å². The lowest BCUT2D eigenvalue weighted by Crippen LogP contribution is -2.47. The second-order valence-electron chi connectivity index (χ2n) is 7.40. The van der Waals surface area contributed by atoms with Crippen molar-refractivity contribution in [2.24, 2.45) is 0 Å². The van der Waals surface area contributed by atoms with Gasteiger partial charge in [-0.2, -0.15) is 4.52 Å². The molecular weight excluding hydrogens is 314 g/mol. The van der Waals surface area contributed by atoms with Gasteiger partial charge >= 0.3 is 0 Å². The van der Waals surface area contributed by atoms with Gasteiger partial charge in [-0.15, -0.1) is 15.3 Å². The topological polar surface area (TPSA) is 62.5 Å². The third-order valence-corrected chi connectivity index (χ3v) is 4.50. The Morgan fingerprint density at radius 3 is 2.20 bits per heavy atom. The van der Waals surface area contributed by atoms with Crippen LogP contribution >= 0.6 is 0 Å². The second kappa shape index (κ2) is 5.98. The highest BCUT2D eigenvalue weighted by Gasteiger charge is 2.23. The minimum absolute atomic E-state index is 0.0945. The van der Waals surface area contributed by atoms with Gasteiger partial charge in [0.05, 0.1) is 0 Å². The molecule has 7 nitrogen and oxygen atoms in total. The molecule has 3 aromatic heterocycles. The molecule has 0 bridgehead atoms. The molecule has 4 rings (SSSR count). The molecular formula is C18H23N7. The van der Waals surface area contributed by atoms with Crippen LogP contribution in [0.4, 0.5) is 11.6 Å². The SMILES string of the molecule is CC(C)(C)c1nnc2ccc(N3CCN(c4ccccn4)CC3)nn12. The van der Waals surface area contributed by atoms with Crippen LogP contribution in [0.1, 0.15) is 26.6 Å². The van der Waals surface area contributed by atoms with Gasteiger partial charge in [-0.25, -0.2) is 4.98 Å². The largest absolute Gasteiger partial charge is 0.353 e. The molecule has 1 fully saturated rings. The first kappa shape index (κ1) is 15.8. The molecule has 1 saturated heterocycles.